The van der Waals surface area contributed by atoms with Gasteiger partial charge in [-0.3, -0.25) is 4.79 Å². The Hall–Kier alpha value is -0.810. The largest absolute Gasteiger partial charge is 0.356 e. The first kappa shape index (κ1) is 16.6. The number of nitrogens with one attached hydrogen (secondary N) is 2. The molecule has 0 saturated carbocycles. The summed E-state index contributed by atoms with van der Waals surface area (Å²) in [7, 11) is 0. The van der Waals surface area contributed by atoms with E-state index in [-0.39, 0.29) is 5.91 Å². The van der Waals surface area contributed by atoms with Gasteiger partial charge in [0.15, 0.2) is 0 Å². The highest BCUT2D eigenvalue weighted by molar-refractivity contribution is 6.35. The lowest BCUT2D eigenvalue weighted by Crippen LogP contribution is -2.44. The minimum absolute atomic E-state index is 0.000432. The highest BCUT2D eigenvalue weighted by Crippen LogP contribution is 2.21. The van der Waals surface area contributed by atoms with Crippen molar-refractivity contribution in [2.24, 2.45) is 0 Å². The summed E-state index contributed by atoms with van der Waals surface area (Å²) >= 11 is 11.9. The second kappa shape index (κ2) is 8.59. The molecule has 0 aromatic heterocycles. The first-order valence-electron chi connectivity index (χ1n) is 7.29. The highest BCUT2D eigenvalue weighted by atomic mass is 35.5. The number of amides is 1. The van der Waals surface area contributed by atoms with Gasteiger partial charge in [-0.05, 0) is 30.7 Å². The van der Waals surface area contributed by atoms with E-state index >= 15 is 0 Å². The molecule has 0 aliphatic carbocycles. The molecule has 1 amide bonds. The van der Waals surface area contributed by atoms with Crippen LogP contribution in [0.25, 0.3) is 0 Å². The second-order valence-electron chi connectivity index (χ2n) is 5.21. The number of hydrogen-bond acceptors (Lipinski definition) is 3. The first-order chi connectivity index (χ1) is 10.1. The van der Waals surface area contributed by atoms with Crippen LogP contribution in [0.4, 0.5) is 0 Å². The van der Waals surface area contributed by atoms with Gasteiger partial charge in [0.2, 0.25) is 5.91 Å². The third kappa shape index (κ3) is 5.83. The number of rotatable bonds is 6. The Morgan fingerprint density at radius 3 is 2.76 bits per heavy atom. The maximum Gasteiger partial charge on any atom is 0.224 e. The predicted molar refractivity (Wildman–Crippen MR) is 87.1 cm³/mol. The van der Waals surface area contributed by atoms with Gasteiger partial charge in [-0.15, -0.1) is 0 Å². The maximum atomic E-state index is 11.9. The van der Waals surface area contributed by atoms with E-state index in [0.717, 1.165) is 44.7 Å². The van der Waals surface area contributed by atoms with Crippen LogP contribution >= 0.6 is 23.2 Å². The number of piperazine rings is 1. The predicted octanol–water partition coefficient (Wildman–Crippen LogP) is 1.95. The van der Waals surface area contributed by atoms with Crippen molar-refractivity contribution >= 4 is 29.1 Å². The SMILES string of the molecule is O=C(Cc1ccc(Cl)cc1Cl)NCCCN1CCNCC1. The van der Waals surface area contributed by atoms with Crippen molar-refractivity contribution in [3.63, 3.8) is 0 Å². The average Bonchev–Trinajstić information content (AvgIpc) is 2.48. The maximum absolute atomic E-state index is 11.9. The zero-order chi connectivity index (χ0) is 15.1. The molecule has 0 bridgehead atoms. The molecule has 1 aromatic carbocycles. The van der Waals surface area contributed by atoms with Crippen molar-refractivity contribution < 1.29 is 4.79 Å². The van der Waals surface area contributed by atoms with Crippen LogP contribution < -0.4 is 10.6 Å². The summed E-state index contributed by atoms with van der Waals surface area (Å²) in [5.41, 5.74) is 0.806. The summed E-state index contributed by atoms with van der Waals surface area (Å²) in [5, 5.41) is 7.39. The molecule has 1 saturated heterocycles. The number of hydrogen-bond donors (Lipinski definition) is 2. The zero-order valence-electron chi connectivity index (χ0n) is 12.0. The van der Waals surface area contributed by atoms with Crippen LogP contribution in [0.3, 0.4) is 0 Å². The lowest BCUT2D eigenvalue weighted by molar-refractivity contribution is -0.120. The molecular weight excluding hydrogens is 309 g/mol. The number of carbonyl (C=O) groups excluding carboxylic acids is 1. The van der Waals surface area contributed by atoms with Crippen molar-refractivity contribution in [3.8, 4) is 0 Å². The van der Waals surface area contributed by atoms with Gasteiger partial charge in [-0.1, -0.05) is 29.3 Å². The van der Waals surface area contributed by atoms with Gasteiger partial charge in [-0.25, -0.2) is 0 Å². The van der Waals surface area contributed by atoms with Crippen LogP contribution in [0.1, 0.15) is 12.0 Å². The van der Waals surface area contributed by atoms with E-state index in [9.17, 15) is 4.79 Å². The minimum atomic E-state index is -0.000432. The number of benzene rings is 1. The zero-order valence-corrected chi connectivity index (χ0v) is 13.5. The summed E-state index contributed by atoms with van der Waals surface area (Å²) in [6.07, 6.45) is 1.27. The third-order valence-electron chi connectivity index (χ3n) is 3.55. The number of carbonyl (C=O) groups is 1. The Balaban J connectivity index is 1.65. The van der Waals surface area contributed by atoms with Crippen LogP contribution in [0.5, 0.6) is 0 Å². The molecule has 116 valence electrons. The molecular formula is C15H21Cl2N3O. The fraction of sp³-hybridized carbons (Fsp3) is 0.533. The lowest BCUT2D eigenvalue weighted by atomic mass is 10.1. The molecule has 0 radical (unpaired) electrons. The monoisotopic (exact) mass is 329 g/mol. The molecule has 0 atom stereocenters. The molecule has 0 spiro atoms. The summed E-state index contributed by atoms with van der Waals surface area (Å²) < 4.78 is 0. The fourth-order valence-electron chi connectivity index (χ4n) is 2.37. The van der Waals surface area contributed by atoms with Crippen LogP contribution in [0.15, 0.2) is 18.2 Å². The molecule has 1 fully saturated rings. The van der Waals surface area contributed by atoms with Gasteiger partial charge in [-0.2, -0.15) is 0 Å². The molecule has 1 aliphatic heterocycles. The summed E-state index contributed by atoms with van der Waals surface area (Å²) in [6.45, 7) is 6.03. The summed E-state index contributed by atoms with van der Waals surface area (Å²) in [6, 6.07) is 5.21. The van der Waals surface area contributed by atoms with Gasteiger partial charge >= 0.3 is 0 Å². The first-order valence-corrected chi connectivity index (χ1v) is 8.04. The summed E-state index contributed by atoms with van der Waals surface area (Å²) in [4.78, 5) is 14.3. The molecule has 2 N–H and O–H groups in total. The van der Waals surface area contributed by atoms with Crippen molar-refractivity contribution in [2.45, 2.75) is 12.8 Å². The lowest BCUT2D eigenvalue weighted by Gasteiger charge is -2.27. The van der Waals surface area contributed by atoms with Gasteiger partial charge in [0.1, 0.15) is 0 Å². The van der Waals surface area contributed by atoms with Crippen LogP contribution in [-0.2, 0) is 11.2 Å². The molecule has 21 heavy (non-hydrogen) atoms. The molecule has 1 aromatic rings. The Morgan fingerprint density at radius 1 is 1.29 bits per heavy atom. The van der Waals surface area contributed by atoms with Gasteiger partial charge in [0.05, 0.1) is 6.42 Å². The fourth-order valence-corrected chi connectivity index (χ4v) is 2.84. The smallest absolute Gasteiger partial charge is 0.224 e. The minimum Gasteiger partial charge on any atom is -0.356 e. The van der Waals surface area contributed by atoms with Crippen molar-refractivity contribution in [1.82, 2.24) is 15.5 Å². The normalized spacial score (nSPS) is 15.9. The van der Waals surface area contributed by atoms with E-state index in [1.54, 1.807) is 18.2 Å². The van der Waals surface area contributed by atoms with E-state index in [1.807, 2.05) is 0 Å². The average molecular weight is 330 g/mol. The van der Waals surface area contributed by atoms with E-state index in [4.69, 9.17) is 23.2 Å². The quantitative estimate of drug-likeness (QED) is 0.784. The molecule has 0 unspecified atom stereocenters. The second-order valence-corrected chi connectivity index (χ2v) is 6.05. The van der Waals surface area contributed by atoms with Crippen molar-refractivity contribution in [3.05, 3.63) is 33.8 Å². The van der Waals surface area contributed by atoms with Crippen LogP contribution in [0, 0.1) is 0 Å². The number of nitrogens with zero attached hydrogens (tertiary/aromatic N) is 1. The van der Waals surface area contributed by atoms with Crippen molar-refractivity contribution in [2.75, 3.05) is 39.3 Å². The Kier molecular flexibility index (Phi) is 6.77. The molecule has 6 heteroatoms. The van der Waals surface area contributed by atoms with Gasteiger partial charge < -0.3 is 15.5 Å². The van der Waals surface area contributed by atoms with E-state index in [2.05, 4.69) is 15.5 Å². The van der Waals surface area contributed by atoms with Gasteiger partial charge in [0, 0.05) is 42.8 Å². The highest BCUT2D eigenvalue weighted by Gasteiger charge is 2.10. The van der Waals surface area contributed by atoms with Gasteiger partial charge in [0.25, 0.3) is 0 Å². The van der Waals surface area contributed by atoms with E-state index in [1.165, 1.54) is 0 Å². The summed E-state index contributed by atoms with van der Waals surface area (Å²) in [5.74, 6) is -0.000432. The molecule has 1 heterocycles. The molecule has 4 nitrogen and oxygen atoms in total. The third-order valence-corrected chi connectivity index (χ3v) is 4.14. The topological polar surface area (TPSA) is 44.4 Å². The van der Waals surface area contributed by atoms with Crippen LogP contribution in [0.2, 0.25) is 10.0 Å². The Bertz CT molecular complexity index is 476. The standard InChI is InChI=1S/C15H21Cl2N3O/c16-13-3-2-12(14(17)11-13)10-15(21)19-4-1-7-20-8-5-18-6-9-20/h2-3,11,18H,1,4-10H2,(H,19,21). The molecule has 2 rings (SSSR count). The van der Waals surface area contributed by atoms with Crippen molar-refractivity contribution in [1.29, 1.82) is 0 Å². The molecule has 1 aliphatic rings. The van der Waals surface area contributed by atoms with E-state index in [0.29, 0.717) is 23.0 Å². The Morgan fingerprint density at radius 2 is 2.05 bits per heavy atom. The number of halogens is 2. The van der Waals surface area contributed by atoms with Crippen LogP contribution in [-0.4, -0.2) is 50.1 Å². The van der Waals surface area contributed by atoms with E-state index < -0.39 is 0 Å². The Labute approximate surface area is 135 Å².